The van der Waals surface area contributed by atoms with Crippen LogP contribution in [0.2, 0.25) is 5.02 Å². The number of rotatable bonds is 5. The van der Waals surface area contributed by atoms with Crippen LogP contribution >= 0.6 is 23.4 Å². The molecule has 0 saturated carbocycles. The topological polar surface area (TPSA) is 22.0 Å². The van der Waals surface area contributed by atoms with E-state index < -0.39 is 0 Å². The average molecular weight is 374 g/mol. The van der Waals surface area contributed by atoms with Crippen LogP contribution in [-0.2, 0) is 0 Å². The summed E-state index contributed by atoms with van der Waals surface area (Å²) in [6.07, 6.45) is 0. The summed E-state index contributed by atoms with van der Waals surface area (Å²) >= 11 is 7.57. The van der Waals surface area contributed by atoms with Gasteiger partial charge in [-0.3, -0.25) is 4.79 Å². The van der Waals surface area contributed by atoms with E-state index in [1.54, 1.807) is 12.1 Å². The molecule has 128 valence electrons. The van der Waals surface area contributed by atoms with Crippen molar-refractivity contribution in [2.45, 2.75) is 18.7 Å². The highest BCUT2D eigenvalue weighted by Gasteiger charge is 2.17. The molecule has 1 aromatic heterocycles. The third kappa shape index (κ3) is 3.80. The molecule has 0 saturated heterocycles. The van der Waals surface area contributed by atoms with Gasteiger partial charge in [-0.25, -0.2) is 4.39 Å². The summed E-state index contributed by atoms with van der Waals surface area (Å²) in [6.45, 7) is 3.85. The molecule has 0 bridgehead atoms. The van der Waals surface area contributed by atoms with E-state index in [-0.39, 0.29) is 11.6 Å². The van der Waals surface area contributed by atoms with Gasteiger partial charge in [-0.2, -0.15) is 0 Å². The van der Waals surface area contributed by atoms with Gasteiger partial charge in [0.2, 0.25) is 0 Å². The normalized spacial score (nSPS) is 10.9. The number of carbonyl (C=O) groups is 1. The fraction of sp³-hybridized carbons (Fsp3) is 0.150. The van der Waals surface area contributed by atoms with Crippen molar-refractivity contribution in [1.82, 2.24) is 4.57 Å². The fourth-order valence-corrected chi connectivity index (χ4v) is 3.94. The molecule has 0 unspecified atom stereocenters. The summed E-state index contributed by atoms with van der Waals surface area (Å²) in [6, 6.07) is 15.6. The van der Waals surface area contributed by atoms with Crippen LogP contribution in [0.5, 0.6) is 0 Å². The number of aromatic nitrogens is 1. The van der Waals surface area contributed by atoms with Gasteiger partial charge in [0, 0.05) is 27.5 Å². The second kappa shape index (κ2) is 7.46. The molecule has 0 fully saturated rings. The van der Waals surface area contributed by atoms with Gasteiger partial charge in [0.05, 0.1) is 10.8 Å². The highest BCUT2D eigenvalue weighted by molar-refractivity contribution is 8.00. The Hall–Kier alpha value is -2.04. The summed E-state index contributed by atoms with van der Waals surface area (Å²) in [7, 11) is 0. The van der Waals surface area contributed by atoms with Crippen LogP contribution in [0.15, 0.2) is 59.5 Å². The number of carbonyl (C=O) groups excluding carboxylic acids is 1. The SMILES string of the molecule is Cc1cc(C(=O)CSc2ccccc2Cl)c(C)n1-c1ccc(F)cc1. The molecule has 0 aliphatic rings. The molecular weight excluding hydrogens is 357 g/mol. The first-order valence-corrected chi connectivity index (χ1v) is 9.19. The number of hydrogen-bond acceptors (Lipinski definition) is 2. The molecule has 0 N–H and O–H groups in total. The maximum atomic E-state index is 13.2. The van der Waals surface area contributed by atoms with Crippen LogP contribution in [0.25, 0.3) is 5.69 Å². The first-order chi connectivity index (χ1) is 12.0. The fourth-order valence-electron chi connectivity index (χ4n) is 2.82. The summed E-state index contributed by atoms with van der Waals surface area (Å²) in [5.41, 5.74) is 3.32. The van der Waals surface area contributed by atoms with Gasteiger partial charge in [0.25, 0.3) is 0 Å². The van der Waals surface area contributed by atoms with Crippen molar-refractivity contribution in [2.75, 3.05) is 5.75 Å². The number of ketones is 1. The highest BCUT2D eigenvalue weighted by Crippen LogP contribution is 2.28. The van der Waals surface area contributed by atoms with Crippen LogP contribution in [-0.4, -0.2) is 16.1 Å². The molecule has 3 rings (SSSR count). The molecule has 0 atom stereocenters. The average Bonchev–Trinajstić information content (AvgIpc) is 2.89. The van der Waals surface area contributed by atoms with Gasteiger partial charge in [0.1, 0.15) is 5.82 Å². The predicted molar refractivity (Wildman–Crippen MR) is 102 cm³/mol. The Morgan fingerprint density at radius 3 is 2.48 bits per heavy atom. The minimum atomic E-state index is -0.279. The Kier molecular flexibility index (Phi) is 5.30. The lowest BCUT2D eigenvalue weighted by molar-refractivity contribution is 0.102. The number of thioether (sulfide) groups is 1. The van der Waals surface area contributed by atoms with Crippen molar-refractivity contribution in [3.63, 3.8) is 0 Å². The second-order valence-corrected chi connectivity index (χ2v) is 7.16. The van der Waals surface area contributed by atoms with E-state index in [2.05, 4.69) is 0 Å². The van der Waals surface area contributed by atoms with E-state index in [9.17, 15) is 9.18 Å². The predicted octanol–water partition coefficient (Wildman–Crippen LogP) is 5.86. The Labute approximate surface area is 155 Å². The molecule has 2 aromatic carbocycles. The smallest absolute Gasteiger partial charge is 0.174 e. The van der Waals surface area contributed by atoms with E-state index in [0.29, 0.717) is 16.3 Å². The van der Waals surface area contributed by atoms with Gasteiger partial charge in [-0.15, -0.1) is 11.8 Å². The Morgan fingerprint density at radius 2 is 1.80 bits per heavy atom. The number of hydrogen-bond donors (Lipinski definition) is 0. The maximum Gasteiger partial charge on any atom is 0.174 e. The third-order valence-corrected chi connectivity index (χ3v) is 5.53. The van der Waals surface area contributed by atoms with Gasteiger partial charge in [-0.05, 0) is 56.3 Å². The van der Waals surface area contributed by atoms with E-state index in [4.69, 9.17) is 11.6 Å². The van der Waals surface area contributed by atoms with Crippen LogP contribution in [0, 0.1) is 19.7 Å². The molecular formula is C20H17ClFNOS. The van der Waals surface area contributed by atoms with E-state index in [1.807, 2.05) is 48.7 Å². The second-order valence-electron chi connectivity index (χ2n) is 5.74. The zero-order valence-electron chi connectivity index (χ0n) is 13.9. The summed E-state index contributed by atoms with van der Waals surface area (Å²) in [5, 5.41) is 0.650. The quantitative estimate of drug-likeness (QED) is 0.412. The van der Waals surface area contributed by atoms with Gasteiger partial charge in [0.15, 0.2) is 5.78 Å². The van der Waals surface area contributed by atoms with Crippen LogP contribution < -0.4 is 0 Å². The Morgan fingerprint density at radius 1 is 1.12 bits per heavy atom. The monoisotopic (exact) mass is 373 g/mol. The third-order valence-electron chi connectivity index (χ3n) is 4.01. The van der Waals surface area contributed by atoms with Crippen molar-refractivity contribution in [3.8, 4) is 5.69 Å². The van der Waals surface area contributed by atoms with Crippen LogP contribution in [0.3, 0.4) is 0 Å². The zero-order valence-corrected chi connectivity index (χ0v) is 15.5. The number of Topliss-reactive ketones (excluding diaryl/α,β-unsaturated/α-hetero) is 1. The van der Waals surface area contributed by atoms with Crippen molar-refractivity contribution >= 4 is 29.1 Å². The van der Waals surface area contributed by atoms with Crippen LogP contribution in [0.1, 0.15) is 21.7 Å². The first kappa shape index (κ1) is 17.8. The van der Waals surface area contributed by atoms with Crippen molar-refractivity contribution < 1.29 is 9.18 Å². The molecule has 0 radical (unpaired) electrons. The van der Waals surface area contributed by atoms with Crippen molar-refractivity contribution in [2.24, 2.45) is 0 Å². The van der Waals surface area contributed by atoms with Gasteiger partial charge in [-0.1, -0.05) is 23.7 Å². The zero-order chi connectivity index (χ0) is 18.0. The molecule has 0 aliphatic heterocycles. The molecule has 3 aromatic rings. The summed E-state index contributed by atoms with van der Waals surface area (Å²) in [5.74, 6) is 0.0855. The van der Waals surface area contributed by atoms with Crippen molar-refractivity contribution in [1.29, 1.82) is 0 Å². The largest absolute Gasteiger partial charge is 0.318 e. The van der Waals surface area contributed by atoms with E-state index >= 15 is 0 Å². The maximum absolute atomic E-state index is 13.2. The number of aryl methyl sites for hydroxylation is 1. The lowest BCUT2D eigenvalue weighted by atomic mass is 10.2. The van der Waals surface area contributed by atoms with Gasteiger partial charge >= 0.3 is 0 Å². The molecule has 0 amide bonds. The lowest BCUT2D eigenvalue weighted by Crippen LogP contribution is -2.05. The lowest BCUT2D eigenvalue weighted by Gasteiger charge is -2.10. The van der Waals surface area contributed by atoms with Gasteiger partial charge < -0.3 is 4.57 Å². The van der Waals surface area contributed by atoms with E-state index in [0.717, 1.165) is 22.0 Å². The molecule has 0 spiro atoms. The standard InChI is InChI=1S/C20H17ClFNOS/c1-13-11-17(14(2)23(13)16-9-7-15(22)8-10-16)19(24)12-25-20-6-4-3-5-18(20)21/h3-11H,12H2,1-2H3. The number of benzene rings is 2. The Bertz CT molecular complexity index is 918. The Balaban J connectivity index is 1.83. The van der Waals surface area contributed by atoms with Crippen molar-refractivity contribution in [3.05, 3.63) is 82.4 Å². The number of nitrogens with zero attached hydrogens (tertiary/aromatic N) is 1. The summed E-state index contributed by atoms with van der Waals surface area (Å²) < 4.78 is 15.1. The highest BCUT2D eigenvalue weighted by atomic mass is 35.5. The summed E-state index contributed by atoms with van der Waals surface area (Å²) in [4.78, 5) is 13.6. The first-order valence-electron chi connectivity index (χ1n) is 7.83. The van der Waals surface area contributed by atoms with E-state index in [1.165, 1.54) is 23.9 Å². The molecule has 0 aliphatic carbocycles. The minimum Gasteiger partial charge on any atom is -0.318 e. The molecule has 25 heavy (non-hydrogen) atoms. The molecule has 5 heteroatoms. The van der Waals surface area contributed by atoms with Crippen LogP contribution in [0.4, 0.5) is 4.39 Å². The number of halogens is 2. The minimum absolute atomic E-state index is 0.0476. The molecule has 2 nitrogen and oxygen atoms in total. The molecule has 1 heterocycles.